The summed E-state index contributed by atoms with van der Waals surface area (Å²) in [6.07, 6.45) is 1.53. The van der Waals surface area contributed by atoms with Gasteiger partial charge in [-0.25, -0.2) is 4.68 Å². The van der Waals surface area contributed by atoms with Crippen molar-refractivity contribution in [1.82, 2.24) is 15.1 Å². The van der Waals surface area contributed by atoms with Crippen molar-refractivity contribution in [2.75, 3.05) is 0 Å². The lowest BCUT2D eigenvalue weighted by molar-refractivity contribution is -0.124. The van der Waals surface area contributed by atoms with E-state index in [9.17, 15) is 9.59 Å². The van der Waals surface area contributed by atoms with E-state index in [4.69, 9.17) is 4.42 Å². The van der Waals surface area contributed by atoms with Gasteiger partial charge in [0.2, 0.25) is 5.91 Å². The van der Waals surface area contributed by atoms with Crippen LogP contribution in [0.1, 0.15) is 17.8 Å². The van der Waals surface area contributed by atoms with Gasteiger partial charge < -0.3 is 9.73 Å². The molecular formula is C16H15N3O3S. The molecule has 0 bridgehead atoms. The average Bonchev–Trinajstić information content (AvgIpc) is 3.25. The molecule has 3 aromatic rings. The third kappa shape index (κ3) is 3.40. The smallest absolute Gasteiger partial charge is 0.267 e. The lowest BCUT2D eigenvalue weighted by Gasteiger charge is -2.14. The molecule has 7 heteroatoms. The number of aromatic nitrogens is 2. The van der Waals surface area contributed by atoms with Gasteiger partial charge in [-0.3, -0.25) is 9.59 Å². The van der Waals surface area contributed by atoms with E-state index in [2.05, 4.69) is 10.4 Å². The largest absolute Gasteiger partial charge is 0.463 e. The van der Waals surface area contributed by atoms with Crippen LogP contribution >= 0.6 is 11.3 Å². The molecule has 0 fully saturated rings. The normalized spacial score (nSPS) is 12.0. The summed E-state index contributed by atoms with van der Waals surface area (Å²) < 4.78 is 6.44. The number of furan rings is 1. The van der Waals surface area contributed by atoms with Crippen molar-refractivity contribution in [3.05, 3.63) is 63.3 Å². The molecular weight excluding hydrogens is 314 g/mol. The van der Waals surface area contributed by atoms with Crippen molar-refractivity contribution in [3.8, 4) is 11.5 Å². The second-order valence-corrected chi connectivity index (χ2v) is 5.98. The van der Waals surface area contributed by atoms with Gasteiger partial charge in [0.1, 0.15) is 11.7 Å². The maximum Gasteiger partial charge on any atom is 0.267 e. The van der Waals surface area contributed by atoms with Crippen molar-refractivity contribution in [1.29, 1.82) is 0 Å². The molecule has 23 heavy (non-hydrogen) atoms. The van der Waals surface area contributed by atoms with E-state index in [0.29, 0.717) is 18.0 Å². The molecule has 6 nitrogen and oxygen atoms in total. The van der Waals surface area contributed by atoms with E-state index in [0.717, 1.165) is 4.88 Å². The summed E-state index contributed by atoms with van der Waals surface area (Å²) in [5, 5.41) is 8.99. The maximum atomic E-state index is 12.3. The molecule has 1 unspecified atom stereocenters. The van der Waals surface area contributed by atoms with Crippen molar-refractivity contribution in [2.24, 2.45) is 0 Å². The van der Waals surface area contributed by atoms with Crippen molar-refractivity contribution >= 4 is 17.2 Å². The topological polar surface area (TPSA) is 77.1 Å². The average molecular weight is 329 g/mol. The highest BCUT2D eigenvalue weighted by Crippen LogP contribution is 2.16. The molecule has 3 aromatic heterocycles. The number of amides is 1. The van der Waals surface area contributed by atoms with E-state index in [1.807, 2.05) is 17.5 Å². The van der Waals surface area contributed by atoms with Crippen molar-refractivity contribution in [2.45, 2.75) is 19.5 Å². The first-order chi connectivity index (χ1) is 11.1. The Kier molecular flexibility index (Phi) is 4.38. The lowest BCUT2D eigenvalue weighted by Crippen LogP contribution is -2.36. The van der Waals surface area contributed by atoms with Gasteiger partial charge >= 0.3 is 0 Å². The number of hydrogen-bond donors (Lipinski definition) is 1. The van der Waals surface area contributed by atoms with E-state index in [1.165, 1.54) is 17.0 Å². The Bertz CT molecular complexity index is 838. The Morgan fingerprint density at radius 1 is 1.35 bits per heavy atom. The van der Waals surface area contributed by atoms with Crippen LogP contribution < -0.4 is 10.9 Å². The van der Waals surface area contributed by atoms with Crippen LogP contribution in [0, 0.1) is 0 Å². The fraction of sp³-hybridized carbons (Fsp3) is 0.188. The molecule has 0 aromatic carbocycles. The van der Waals surface area contributed by atoms with Gasteiger partial charge in [-0.15, -0.1) is 11.3 Å². The van der Waals surface area contributed by atoms with Crippen molar-refractivity contribution < 1.29 is 9.21 Å². The standard InChI is InChI=1S/C16H15N3O3S/c1-11(16(21)17-10-12-4-3-9-23-12)19-15(20)7-6-13(18-19)14-5-2-8-22-14/h2-9,11H,10H2,1H3,(H,17,21). The maximum absolute atomic E-state index is 12.3. The molecule has 0 aliphatic carbocycles. The Hall–Kier alpha value is -2.67. The number of nitrogens with one attached hydrogen (secondary N) is 1. The molecule has 0 radical (unpaired) electrons. The first kappa shape index (κ1) is 15.2. The number of rotatable bonds is 5. The SMILES string of the molecule is CC(C(=O)NCc1cccs1)n1nc(-c2ccco2)ccc1=O. The van der Waals surface area contributed by atoms with Crippen LogP contribution in [0.5, 0.6) is 0 Å². The highest BCUT2D eigenvalue weighted by Gasteiger charge is 2.18. The minimum absolute atomic E-state index is 0.260. The van der Waals surface area contributed by atoms with Crippen LogP contribution in [0.3, 0.4) is 0 Å². The van der Waals surface area contributed by atoms with Crippen LogP contribution in [0.15, 0.2) is 57.3 Å². The first-order valence-electron chi connectivity index (χ1n) is 7.09. The highest BCUT2D eigenvalue weighted by atomic mass is 32.1. The van der Waals surface area contributed by atoms with E-state index in [1.54, 1.807) is 36.5 Å². The number of nitrogens with zero attached hydrogens (tertiary/aromatic N) is 2. The Morgan fingerprint density at radius 3 is 2.91 bits per heavy atom. The summed E-state index contributed by atoms with van der Waals surface area (Å²) in [5.41, 5.74) is 0.173. The lowest BCUT2D eigenvalue weighted by atomic mass is 10.3. The minimum Gasteiger partial charge on any atom is -0.463 e. The molecule has 118 valence electrons. The highest BCUT2D eigenvalue weighted by molar-refractivity contribution is 7.09. The monoisotopic (exact) mass is 329 g/mol. The fourth-order valence-corrected chi connectivity index (χ4v) is 2.75. The number of thiophene rings is 1. The number of carbonyl (C=O) groups excluding carboxylic acids is 1. The van der Waals surface area contributed by atoms with Crippen LogP contribution in [-0.4, -0.2) is 15.7 Å². The van der Waals surface area contributed by atoms with E-state index in [-0.39, 0.29) is 11.5 Å². The summed E-state index contributed by atoms with van der Waals surface area (Å²) in [5.74, 6) is 0.287. The molecule has 3 heterocycles. The van der Waals surface area contributed by atoms with Crippen LogP contribution in [0.4, 0.5) is 0 Å². The van der Waals surface area contributed by atoms with Gasteiger partial charge in [0, 0.05) is 10.9 Å². The van der Waals surface area contributed by atoms with Crippen molar-refractivity contribution in [3.63, 3.8) is 0 Å². The Labute approximate surface area is 136 Å². The van der Waals surface area contributed by atoms with Gasteiger partial charge in [-0.2, -0.15) is 5.10 Å². The van der Waals surface area contributed by atoms with E-state index >= 15 is 0 Å². The summed E-state index contributed by atoms with van der Waals surface area (Å²) in [4.78, 5) is 25.3. The predicted molar refractivity (Wildman–Crippen MR) is 87.1 cm³/mol. The second kappa shape index (κ2) is 6.62. The molecule has 0 saturated heterocycles. The molecule has 1 amide bonds. The fourth-order valence-electron chi connectivity index (χ4n) is 2.10. The van der Waals surface area contributed by atoms with Gasteiger partial charge in [-0.1, -0.05) is 6.07 Å². The summed E-state index contributed by atoms with van der Waals surface area (Å²) in [7, 11) is 0. The number of carbonyl (C=O) groups is 1. The molecule has 0 aliphatic heterocycles. The van der Waals surface area contributed by atoms with Gasteiger partial charge in [-0.05, 0) is 36.6 Å². The molecule has 0 saturated carbocycles. The molecule has 0 spiro atoms. The van der Waals surface area contributed by atoms with Gasteiger partial charge in [0.15, 0.2) is 5.76 Å². The second-order valence-electron chi connectivity index (χ2n) is 4.95. The van der Waals surface area contributed by atoms with Gasteiger partial charge in [0.25, 0.3) is 5.56 Å². The molecule has 1 atom stereocenters. The molecule has 0 aliphatic rings. The van der Waals surface area contributed by atoms with Crippen LogP contribution in [-0.2, 0) is 11.3 Å². The molecule has 3 rings (SSSR count). The Balaban J connectivity index is 1.78. The van der Waals surface area contributed by atoms with Crippen LogP contribution in [0.25, 0.3) is 11.5 Å². The summed E-state index contributed by atoms with van der Waals surface area (Å²) in [6, 6.07) is 9.60. The zero-order valence-electron chi connectivity index (χ0n) is 12.4. The number of hydrogen-bond acceptors (Lipinski definition) is 5. The van der Waals surface area contributed by atoms with Crippen LogP contribution in [0.2, 0.25) is 0 Å². The Morgan fingerprint density at radius 2 is 2.22 bits per heavy atom. The minimum atomic E-state index is -0.711. The zero-order chi connectivity index (χ0) is 16.2. The van der Waals surface area contributed by atoms with Gasteiger partial charge in [0.05, 0.1) is 12.8 Å². The van der Waals surface area contributed by atoms with E-state index < -0.39 is 6.04 Å². The summed E-state index contributed by atoms with van der Waals surface area (Å²) in [6.45, 7) is 2.08. The third-order valence-electron chi connectivity index (χ3n) is 3.36. The quantitative estimate of drug-likeness (QED) is 0.780. The third-order valence-corrected chi connectivity index (χ3v) is 4.24. The predicted octanol–water partition coefficient (Wildman–Crippen LogP) is 2.44. The zero-order valence-corrected chi connectivity index (χ0v) is 13.2. The molecule has 1 N–H and O–H groups in total. The summed E-state index contributed by atoms with van der Waals surface area (Å²) >= 11 is 1.57. The first-order valence-corrected chi connectivity index (χ1v) is 7.97.